The van der Waals surface area contributed by atoms with Crippen LogP contribution in [0.25, 0.3) is 11.1 Å². The van der Waals surface area contributed by atoms with Crippen molar-refractivity contribution in [2.45, 2.75) is 19.0 Å². The molecular weight excluding hydrogens is 378 g/mol. The first-order valence-corrected chi connectivity index (χ1v) is 9.91. The van der Waals surface area contributed by atoms with Crippen LogP contribution in [0.3, 0.4) is 0 Å². The number of rotatable bonds is 6. The van der Waals surface area contributed by atoms with Crippen LogP contribution in [0.2, 0.25) is 0 Å². The Kier molecular flexibility index (Phi) is 4.80. The number of carbonyl (C=O) groups excluding carboxylic acids is 1. The van der Waals surface area contributed by atoms with Gasteiger partial charge in [0, 0.05) is 13.1 Å². The molecule has 5 rings (SSSR count). The average Bonchev–Trinajstić information content (AvgIpc) is 3.41. The number of hydrogen-bond donors (Lipinski definition) is 0. The first-order valence-electron chi connectivity index (χ1n) is 9.91. The normalized spacial score (nSPS) is 13.9. The maximum Gasteiger partial charge on any atom is 0.227 e. The molecule has 0 spiro atoms. The molecule has 30 heavy (non-hydrogen) atoms. The Morgan fingerprint density at radius 2 is 1.63 bits per heavy atom. The van der Waals surface area contributed by atoms with Gasteiger partial charge in [-0.05, 0) is 16.7 Å². The lowest BCUT2D eigenvalue weighted by molar-refractivity contribution is -0.136. The molecule has 1 fully saturated rings. The third-order valence-corrected chi connectivity index (χ3v) is 5.33. The highest BCUT2D eigenvalue weighted by molar-refractivity contribution is 5.80. The zero-order valence-corrected chi connectivity index (χ0v) is 16.4. The SMILES string of the molecule is O=C(Cc1ccc(-c2ccccc2)cc1)N1CC(n2cc(Cn3nccn3)nn2)C1. The zero-order chi connectivity index (χ0) is 20.3. The summed E-state index contributed by atoms with van der Waals surface area (Å²) in [7, 11) is 0. The van der Waals surface area contributed by atoms with E-state index in [1.165, 1.54) is 5.56 Å². The Balaban J connectivity index is 1.14. The maximum atomic E-state index is 12.6. The van der Waals surface area contributed by atoms with E-state index in [9.17, 15) is 4.79 Å². The molecule has 1 aliphatic heterocycles. The van der Waals surface area contributed by atoms with Crippen LogP contribution in [0.15, 0.2) is 73.2 Å². The summed E-state index contributed by atoms with van der Waals surface area (Å²) in [6, 6.07) is 18.6. The average molecular weight is 399 g/mol. The van der Waals surface area contributed by atoms with Crippen molar-refractivity contribution in [2.75, 3.05) is 13.1 Å². The molecule has 0 unspecified atom stereocenters. The number of carbonyl (C=O) groups is 1. The van der Waals surface area contributed by atoms with Crippen LogP contribution in [-0.2, 0) is 17.8 Å². The molecule has 1 saturated heterocycles. The van der Waals surface area contributed by atoms with Crippen LogP contribution in [0.5, 0.6) is 0 Å². The molecule has 8 heteroatoms. The first kappa shape index (κ1) is 18.2. The van der Waals surface area contributed by atoms with Gasteiger partial charge in [0.15, 0.2) is 0 Å². The molecule has 0 saturated carbocycles. The molecule has 150 valence electrons. The van der Waals surface area contributed by atoms with Gasteiger partial charge in [-0.15, -0.1) is 5.10 Å². The highest BCUT2D eigenvalue weighted by atomic mass is 16.2. The number of likely N-dealkylation sites (tertiary alicyclic amines) is 1. The van der Waals surface area contributed by atoms with Crippen molar-refractivity contribution in [3.8, 4) is 11.1 Å². The van der Waals surface area contributed by atoms with Crippen LogP contribution in [0.1, 0.15) is 17.3 Å². The van der Waals surface area contributed by atoms with E-state index in [0.717, 1.165) is 16.8 Å². The van der Waals surface area contributed by atoms with Crippen molar-refractivity contribution >= 4 is 5.91 Å². The monoisotopic (exact) mass is 399 g/mol. The second kappa shape index (κ2) is 7.90. The van der Waals surface area contributed by atoms with E-state index < -0.39 is 0 Å². The van der Waals surface area contributed by atoms with Crippen molar-refractivity contribution in [1.82, 2.24) is 34.9 Å². The molecule has 1 aliphatic rings. The van der Waals surface area contributed by atoms with Gasteiger partial charge in [-0.2, -0.15) is 15.0 Å². The quantitative estimate of drug-likeness (QED) is 0.497. The molecule has 0 radical (unpaired) electrons. The van der Waals surface area contributed by atoms with Crippen molar-refractivity contribution in [3.05, 3.63) is 84.4 Å². The summed E-state index contributed by atoms with van der Waals surface area (Å²) in [5, 5.41) is 16.5. The number of aromatic nitrogens is 6. The van der Waals surface area contributed by atoms with Gasteiger partial charge >= 0.3 is 0 Å². The minimum Gasteiger partial charge on any atom is -0.338 e. The van der Waals surface area contributed by atoms with Crippen molar-refractivity contribution < 1.29 is 4.79 Å². The first-order chi connectivity index (χ1) is 14.7. The summed E-state index contributed by atoms with van der Waals surface area (Å²) >= 11 is 0. The van der Waals surface area contributed by atoms with E-state index in [4.69, 9.17) is 0 Å². The number of amides is 1. The van der Waals surface area contributed by atoms with Crippen LogP contribution >= 0.6 is 0 Å². The molecule has 0 bridgehead atoms. The number of benzene rings is 2. The van der Waals surface area contributed by atoms with Crippen LogP contribution in [-0.4, -0.2) is 53.9 Å². The summed E-state index contributed by atoms with van der Waals surface area (Å²) in [6.07, 6.45) is 5.58. The van der Waals surface area contributed by atoms with Gasteiger partial charge < -0.3 is 4.90 Å². The second-order valence-corrected chi connectivity index (χ2v) is 7.44. The summed E-state index contributed by atoms with van der Waals surface area (Å²) in [4.78, 5) is 16.0. The van der Waals surface area contributed by atoms with Crippen molar-refractivity contribution in [3.63, 3.8) is 0 Å². The molecule has 2 aromatic carbocycles. The lowest BCUT2D eigenvalue weighted by Gasteiger charge is -2.39. The maximum absolute atomic E-state index is 12.6. The molecule has 4 aromatic rings. The number of hydrogen-bond acceptors (Lipinski definition) is 5. The van der Waals surface area contributed by atoms with Crippen LogP contribution < -0.4 is 0 Å². The Labute approximate surface area is 173 Å². The van der Waals surface area contributed by atoms with Crippen molar-refractivity contribution in [2.24, 2.45) is 0 Å². The molecule has 0 N–H and O–H groups in total. The van der Waals surface area contributed by atoms with Gasteiger partial charge in [-0.3, -0.25) is 4.79 Å². The van der Waals surface area contributed by atoms with Gasteiger partial charge in [0.05, 0.1) is 31.1 Å². The predicted octanol–water partition coefficient (Wildman–Crippen LogP) is 2.21. The lowest BCUT2D eigenvalue weighted by Crippen LogP contribution is -2.51. The molecule has 2 aromatic heterocycles. The van der Waals surface area contributed by atoms with E-state index >= 15 is 0 Å². The van der Waals surface area contributed by atoms with E-state index in [-0.39, 0.29) is 11.9 Å². The summed E-state index contributed by atoms with van der Waals surface area (Å²) in [5.41, 5.74) is 4.16. The minimum absolute atomic E-state index is 0.139. The van der Waals surface area contributed by atoms with Crippen LogP contribution in [0, 0.1) is 0 Å². The second-order valence-electron chi connectivity index (χ2n) is 7.44. The number of nitrogens with zero attached hydrogens (tertiary/aromatic N) is 7. The topological polar surface area (TPSA) is 81.7 Å². The molecular formula is C22H21N7O. The fourth-order valence-corrected chi connectivity index (χ4v) is 3.59. The highest BCUT2D eigenvalue weighted by Crippen LogP contribution is 2.23. The molecule has 8 nitrogen and oxygen atoms in total. The fourth-order valence-electron chi connectivity index (χ4n) is 3.59. The van der Waals surface area contributed by atoms with Gasteiger partial charge in [0.2, 0.25) is 5.91 Å². The Bertz CT molecular complexity index is 1110. The molecule has 0 aliphatic carbocycles. The van der Waals surface area contributed by atoms with Gasteiger partial charge in [-0.1, -0.05) is 59.8 Å². The van der Waals surface area contributed by atoms with Gasteiger partial charge in [-0.25, -0.2) is 4.68 Å². The standard InChI is InChI=1S/C22H21N7O/c30-22(12-17-6-8-19(9-7-17)18-4-2-1-3-5-18)27-15-21(16-27)28-13-20(25-26-28)14-29-23-10-11-24-29/h1-11,13,21H,12,14-16H2. The van der Waals surface area contributed by atoms with E-state index in [1.807, 2.05) is 46.1 Å². The third kappa shape index (κ3) is 3.84. The smallest absolute Gasteiger partial charge is 0.227 e. The van der Waals surface area contributed by atoms with E-state index in [1.54, 1.807) is 17.2 Å². The molecule has 3 heterocycles. The summed E-state index contributed by atoms with van der Waals surface area (Å²) in [6.45, 7) is 1.80. The Hall–Kier alpha value is -3.81. The predicted molar refractivity (Wildman–Crippen MR) is 110 cm³/mol. The van der Waals surface area contributed by atoms with Gasteiger partial charge in [0.1, 0.15) is 12.2 Å². The zero-order valence-electron chi connectivity index (χ0n) is 16.4. The summed E-state index contributed by atoms with van der Waals surface area (Å²) < 4.78 is 1.83. The summed E-state index contributed by atoms with van der Waals surface area (Å²) in [5.74, 6) is 0.139. The molecule has 1 amide bonds. The van der Waals surface area contributed by atoms with Crippen LogP contribution in [0.4, 0.5) is 0 Å². The Morgan fingerprint density at radius 3 is 2.37 bits per heavy atom. The van der Waals surface area contributed by atoms with Crippen molar-refractivity contribution in [1.29, 1.82) is 0 Å². The van der Waals surface area contributed by atoms with E-state index in [2.05, 4.69) is 44.8 Å². The van der Waals surface area contributed by atoms with E-state index in [0.29, 0.717) is 26.1 Å². The Morgan fingerprint density at radius 1 is 0.933 bits per heavy atom. The lowest BCUT2D eigenvalue weighted by atomic mass is 10.0. The fraction of sp³-hybridized carbons (Fsp3) is 0.227. The van der Waals surface area contributed by atoms with Gasteiger partial charge in [0.25, 0.3) is 0 Å². The minimum atomic E-state index is 0.139. The largest absolute Gasteiger partial charge is 0.338 e. The molecule has 0 atom stereocenters. The highest BCUT2D eigenvalue weighted by Gasteiger charge is 2.32. The third-order valence-electron chi connectivity index (χ3n) is 5.33.